The number of hydrogen-bond donors (Lipinski definition) is 0. The molecule has 0 aliphatic heterocycles. The molecule has 0 saturated heterocycles. The molecule has 22 heavy (non-hydrogen) atoms. The van der Waals surface area contributed by atoms with Crippen molar-refractivity contribution in [1.82, 2.24) is 4.57 Å². The standard InChI is InChI=1S/C17H13N3OS/c1-12-6-8-13(9-7-12)16(21)19-17-20(11-10-18)14-4-2-3-5-15(14)22-17/h2-9H,11H2,1H3. The molecule has 0 saturated carbocycles. The van der Waals surface area contributed by atoms with Gasteiger partial charge in [-0.15, -0.1) is 0 Å². The number of rotatable bonds is 2. The number of benzene rings is 2. The number of hydrogen-bond acceptors (Lipinski definition) is 3. The van der Waals surface area contributed by atoms with Gasteiger partial charge in [-0.05, 0) is 31.2 Å². The Labute approximate surface area is 131 Å². The highest BCUT2D eigenvalue weighted by Crippen LogP contribution is 2.16. The molecule has 0 spiro atoms. The molecule has 3 rings (SSSR count). The Hall–Kier alpha value is -2.71. The molecule has 0 bridgehead atoms. The number of nitrogens with zero attached hydrogens (tertiary/aromatic N) is 3. The van der Waals surface area contributed by atoms with Crippen LogP contribution in [0.3, 0.4) is 0 Å². The lowest BCUT2D eigenvalue weighted by Gasteiger charge is -1.98. The Balaban J connectivity index is 2.12. The molecule has 0 aliphatic rings. The minimum Gasteiger partial charge on any atom is -0.302 e. The Morgan fingerprint density at radius 3 is 2.68 bits per heavy atom. The highest BCUT2D eigenvalue weighted by atomic mass is 32.1. The second-order valence-corrected chi connectivity index (χ2v) is 5.89. The lowest BCUT2D eigenvalue weighted by Crippen LogP contribution is -2.16. The van der Waals surface area contributed by atoms with Gasteiger partial charge in [-0.3, -0.25) is 4.79 Å². The molecule has 0 atom stereocenters. The first-order chi connectivity index (χ1) is 10.7. The molecule has 3 aromatic rings. The lowest BCUT2D eigenvalue weighted by molar-refractivity contribution is 0.0998. The molecule has 1 aromatic heterocycles. The van der Waals surface area contributed by atoms with Crippen LogP contribution in [0.4, 0.5) is 0 Å². The van der Waals surface area contributed by atoms with Crippen molar-refractivity contribution in [2.75, 3.05) is 0 Å². The average molecular weight is 307 g/mol. The van der Waals surface area contributed by atoms with E-state index in [4.69, 9.17) is 5.26 Å². The van der Waals surface area contributed by atoms with E-state index in [0.29, 0.717) is 10.4 Å². The summed E-state index contributed by atoms with van der Waals surface area (Å²) in [4.78, 5) is 17.1. The number of para-hydroxylation sites is 1. The summed E-state index contributed by atoms with van der Waals surface area (Å²) in [5, 5.41) is 9.01. The zero-order valence-corrected chi connectivity index (χ0v) is 12.8. The van der Waals surface area contributed by atoms with Gasteiger partial charge in [-0.1, -0.05) is 41.2 Å². The molecular formula is C17H13N3OS. The Morgan fingerprint density at radius 2 is 1.95 bits per heavy atom. The van der Waals surface area contributed by atoms with Crippen molar-refractivity contribution in [1.29, 1.82) is 5.26 Å². The first-order valence-corrected chi connectivity index (χ1v) is 7.62. The predicted octanol–water partition coefficient (Wildman–Crippen LogP) is 3.28. The summed E-state index contributed by atoms with van der Waals surface area (Å²) in [6, 6.07) is 17.2. The Bertz CT molecular complexity index is 942. The van der Waals surface area contributed by atoms with Gasteiger partial charge >= 0.3 is 0 Å². The summed E-state index contributed by atoms with van der Waals surface area (Å²) in [6.07, 6.45) is 0. The summed E-state index contributed by atoms with van der Waals surface area (Å²) < 4.78 is 2.78. The Kier molecular flexibility index (Phi) is 3.86. The summed E-state index contributed by atoms with van der Waals surface area (Å²) in [6.45, 7) is 2.14. The molecular weight excluding hydrogens is 294 g/mol. The van der Waals surface area contributed by atoms with Crippen LogP contribution in [-0.4, -0.2) is 10.5 Å². The molecule has 0 unspecified atom stereocenters. The molecule has 1 heterocycles. The van der Waals surface area contributed by atoms with Gasteiger partial charge < -0.3 is 4.57 Å². The molecule has 1 amide bonds. The third-order valence-corrected chi connectivity index (χ3v) is 4.37. The number of fused-ring (bicyclic) bond motifs is 1. The summed E-state index contributed by atoms with van der Waals surface area (Å²) >= 11 is 1.41. The second-order valence-electron chi connectivity index (χ2n) is 4.88. The highest BCUT2D eigenvalue weighted by Gasteiger charge is 2.08. The zero-order valence-electron chi connectivity index (χ0n) is 12.0. The summed E-state index contributed by atoms with van der Waals surface area (Å²) in [5.41, 5.74) is 2.56. The van der Waals surface area contributed by atoms with Crippen molar-refractivity contribution in [2.24, 2.45) is 4.99 Å². The number of aromatic nitrogens is 1. The van der Waals surface area contributed by atoms with Gasteiger partial charge in [0.25, 0.3) is 5.91 Å². The number of aryl methyl sites for hydroxylation is 1. The SMILES string of the molecule is Cc1ccc(C(=O)N=c2sc3ccccc3n2CC#N)cc1. The number of carbonyl (C=O) groups excluding carboxylic acids is 1. The minimum absolute atomic E-state index is 0.171. The molecule has 0 N–H and O–H groups in total. The van der Waals surface area contributed by atoms with E-state index in [0.717, 1.165) is 15.8 Å². The van der Waals surface area contributed by atoms with Gasteiger partial charge in [0.2, 0.25) is 0 Å². The van der Waals surface area contributed by atoms with Crippen LogP contribution in [0.1, 0.15) is 15.9 Å². The van der Waals surface area contributed by atoms with Crippen molar-refractivity contribution in [3.63, 3.8) is 0 Å². The smallest absolute Gasteiger partial charge is 0.279 e. The molecule has 0 radical (unpaired) electrons. The van der Waals surface area contributed by atoms with Gasteiger partial charge in [0.15, 0.2) is 4.80 Å². The van der Waals surface area contributed by atoms with Crippen LogP contribution in [0.25, 0.3) is 10.2 Å². The van der Waals surface area contributed by atoms with E-state index in [-0.39, 0.29) is 12.5 Å². The van der Waals surface area contributed by atoms with Crippen LogP contribution in [0.15, 0.2) is 53.5 Å². The van der Waals surface area contributed by atoms with Crippen LogP contribution in [-0.2, 0) is 6.54 Å². The maximum Gasteiger partial charge on any atom is 0.279 e. The van der Waals surface area contributed by atoms with Crippen LogP contribution in [0.5, 0.6) is 0 Å². The fourth-order valence-electron chi connectivity index (χ4n) is 2.18. The van der Waals surface area contributed by atoms with Crippen molar-refractivity contribution >= 4 is 27.5 Å². The fraction of sp³-hybridized carbons (Fsp3) is 0.118. The van der Waals surface area contributed by atoms with Gasteiger partial charge in [0.1, 0.15) is 6.54 Å². The first kappa shape index (κ1) is 14.2. The predicted molar refractivity (Wildman–Crippen MR) is 86.5 cm³/mol. The van der Waals surface area contributed by atoms with Crippen LogP contribution in [0, 0.1) is 18.3 Å². The second kappa shape index (κ2) is 5.96. The molecule has 0 fully saturated rings. The molecule has 5 heteroatoms. The van der Waals surface area contributed by atoms with Crippen molar-refractivity contribution in [2.45, 2.75) is 13.5 Å². The van der Waals surface area contributed by atoms with Crippen molar-refractivity contribution in [3.8, 4) is 6.07 Å². The van der Waals surface area contributed by atoms with E-state index < -0.39 is 0 Å². The monoisotopic (exact) mass is 307 g/mol. The number of amides is 1. The number of carbonyl (C=O) groups is 1. The van der Waals surface area contributed by atoms with E-state index in [2.05, 4.69) is 11.1 Å². The van der Waals surface area contributed by atoms with E-state index in [9.17, 15) is 4.79 Å². The number of thiazole rings is 1. The minimum atomic E-state index is -0.293. The van der Waals surface area contributed by atoms with Crippen LogP contribution < -0.4 is 4.80 Å². The Morgan fingerprint density at radius 1 is 1.23 bits per heavy atom. The molecule has 0 aliphatic carbocycles. The third kappa shape index (κ3) is 2.69. The normalized spacial score (nSPS) is 11.5. The first-order valence-electron chi connectivity index (χ1n) is 6.80. The summed E-state index contributed by atoms with van der Waals surface area (Å²) in [5.74, 6) is -0.293. The lowest BCUT2D eigenvalue weighted by atomic mass is 10.1. The van der Waals surface area contributed by atoms with E-state index in [1.807, 2.05) is 43.3 Å². The topological polar surface area (TPSA) is 58.1 Å². The molecule has 108 valence electrons. The average Bonchev–Trinajstić information content (AvgIpc) is 2.86. The zero-order chi connectivity index (χ0) is 15.5. The maximum absolute atomic E-state index is 12.3. The molecule has 2 aromatic carbocycles. The van der Waals surface area contributed by atoms with Crippen LogP contribution in [0.2, 0.25) is 0 Å². The van der Waals surface area contributed by atoms with Gasteiger partial charge in [0.05, 0.1) is 16.3 Å². The van der Waals surface area contributed by atoms with E-state index in [1.54, 1.807) is 16.7 Å². The maximum atomic E-state index is 12.3. The van der Waals surface area contributed by atoms with Crippen molar-refractivity contribution in [3.05, 3.63) is 64.5 Å². The number of nitriles is 1. The van der Waals surface area contributed by atoms with E-state index >= 15 is 0 Å². The van der Waals surface area contributed by atoms with E-state index in [1.165, 1.54) is 11.3 Å². The largest absolute Gasteiger partial charge is 0.302 e. The van der Waals surface area contributed by atoms with Gasteiger partial charge in [-0.25, -0.2) is 0 Å². The van der Waals surface area contributed by atoms with Gasteiger partial charge in [-0.2, -0.15) is 10.3 Å². The van der Waals surface area contributed by atoms with Crippen molar-refractivity contribution < 1.29 is 4.79 Å². The fourth-order valence-corrected chi connectivity index (χ4v) is 3.20. The van der Waals surface area contributed by atoms with Gasteiger partial charge in [0, 0.05) is 5.56 Å². The van der Waals surface area contributed by atoms with Crippen LogP contribution >= 0.6 is 11.3 Å². The summed E-state index contributed by atoms with van der Waals surface area (Å²) in [7, 11) is 0. The molecule has 4 nitrogen and oxygen atoms in total. The quantitative estimate of drug-likeness (QED) is 0.729. The third-order valence-electron chi connectivity index (χ3n) is 3.31. The highest BCUT2D eigenvalue weighted by molar-refractivity contribution is 7.16.